The van der Waals surface area contributed by atoms with E-state index in [-0.39, 0.29) is 50.8 Å². The van der Waals surface area contributed by atoms with Crippen molar-refractivity contribution in [3.05, 3.63) is 89.8 Å². The second-order valence-corrected chi connectivity index (χ2v) is 13.0. The zero-order valence-electron chi connectivity index (χ0n) is 25.2. The molecule has 0 saturated heterocycles. The molecule has 5 rings (SSSR count). The van der Waals surface area contributed by atoms with Crippen LogP contribution in [-0.4, -0.2) is 40.7 Å². The molecule has 0 saturated carbocycles. The van der Waals surface area contributed by atoms with Gasteiger partial charge in [-0.25, -0.2) is 18.4 Å². The first kappa shape index (κ1) is 33.7. The van der Waals surface area contributed by atoms with Crippen molar-refractivity contribution in [3.63, 3.8) is 0 Å². The van der Waals surface area contributed by atoms with Crippen LogP contribution in [0.5, 0.6) is 5.75 Å². The number of benzene rings is 3. The summed E-state index contributed by atoms with van der Waals surface area (Å²) in [5, 5.41) is 9.71. The molecule has 47 heavy (non-hydrogen) atoms. The van der Waals surface area contributed by atoms with Crippen LogP contribution in [0.15, 0.2) is 76.2 Å². The average Bonchev–Trinajstić information content (AvgIpc) is 3.60. The number of nitrogens with zero attached hydrogens (tertiary/aromatic N) is 3. The number of hydrogen-bond donors (Lipinski definition) is 1. The third-order valence-electron chi connectivity index (χ3n) is 7.14. The van der Waals surface area contributed by atoms with Gasteiger partial charge in [-0.05, 0) is 66.1 Å². The Balaban J connectivity index is 1.77. The predicted octanol–water partition coefficient (Wildman–Crippen LogP) is 8.11. The maximum atomic E-state index is 13.7. The molecule has 2 aromatic heterocycles. The van der Waals surface area contributed by atoms with Gasteiger partial charge >= 0.3 is 12.5 Å². The molecule has 0 fully saturated rings. The third-order valence-corrected chi connectivity index (χ3v) is 8.32. The number of sulfone groups is 1. The molecule has 0 unspecified atom stereocenters. The number of aliphatic hydroxyl groups is 1. The summed E-state index contributed by atoms with van der Waals surface area (Å²) in [4.78, 5) is 8.25. The molecule has 0 radical (unpaired) electrons. The molecule has 0 atom stereocenters. The molecule has 2 heterocycles. The van der Waals surface area contributed by atoms with E-state index in [0.717, 1.165) is 24.6 Å². The summed E-state index contributed by atoms with van der Waals surface area (Å²) in [6.45, 7) is 4.45. The molecule has 3 aromatic carbocycles. The van der Waals surface area contributed by atoms with Gasteiger partial charge in [0.05, 0.1) is 17.2 Å². The van der Waals surface area contributed by atoms with Crippen LogP contribution in [0.25, 0.3) is 39.4 Å². The van der Waals surface area contributed by atoms with Gasteiger partial charge in [0.1, 0.15) is 17.3 Å². The Morgan fingerprint density at radius 3 is 2.09 bits per heavy atom. The fraction of sp³-hybridized carbons (Fsp3) is 0.250. The van der Waals surface area contributed by atoms with Crippen LogP contribution >= 0.6 is 0 Å². The van der Waals surface area contributed by atoms with Crippen molar-refractivity contribution in [1.82, 2.24) is 14.5 Å². The Morgan fingerprint density at radius 1 is 0.915 bits per heavy atom. The van der Waals surface area contributed by atoms with Crippen molar-refractivity contribution in [3.8, 4) is 45.1 Å². The molecule has 15 heteroatoms. The van der Waals surface area contributed by atoms with E-state index in [0.29, 0.717) is 16.7 Å². The van der Waals surface area contributed by atoms with E-state index in [4.69, 9.17) is 4.42 Å². The molecule has 1 N–H and O–H groups in total. The smallest absolute Gasteiger partial charge is 0.440 e. The maximum absolute atomic E-state index is 13.7. The maximum Gasteiger partial charge on any atom is 0.573 e. The van der Waals surface area contributed by atoms with Gasteiger partial charge in [-0.2, -0.15) is 13.2 Å². The minimum absolute atomic E-state index is 0.000710. The van der Waals surface area contributed by atoms with Crippen molar-refractivity contribution >= 4 is 9.84 Å². The van der Waals surface area contributed by atoms with Gasteiger partial charge in [-0.15, -0.1) is 13.2 Å². The highest BCUT2D eigenvalue weighted by Crippen LogP contribution is 2.41. The lowest BCUT2D eigenvalue weighted by Gasteiger charge is -2.15. The summed E-state index contributed by atoms with van der Waals surface area (Å²) in [5.41, 5.74) is 0.836. The number of oxazole rings is 1. The standard InChI is InChI=1S/C32H27F6N3O5S/c1-17(2)30-40-28(29(45-30)19-7-10-23(11-8-19)46-32(36,37)38)24-13-20(21-5-6-22(16-42)26(14-21)47(4,43)44)9-12-25(24)41-15-27(31(33,34)35)39-18(41)3/h5-15,17,42H,16H2,1-4H3. The summed E-state index contributed by atoms with van der Waals surface area (Å²) < 4.78 is 116. The van der Waals surface area contributed by atoms with Crippen LogP contribution in [0.2, 0.25) is 0 Å². The lowest BCUT2D eigenvalue weighted by Crippen LogP contribution is -2.16. The van der Waals surface area contributed by atoms with Crippen LogP contribution < -0.4 is 4.74 Å². The zero-order valence-corrected chi connectivity index (χ0v) is 26.0. The first-order valence-corrected chi connectivity index (χ1v) is 15.8. The Hall–Kier alpha value is -4.63. The van der Waals surface area contributed by atoms with Gasteiger partial charge in [-0.1, -0.05) is 32.0 Å². The van der Waals surface area contributed by atoms with Crippen molar-refractivity contribution in [1.29, 1.82) is 0 Å². The van der Waals surface area contributed by atoms with Crippen LogP contribution in [0.1, 0.15) is 42.7 Å². The number of aliphatic hydroxyl groups excluding tert-OH is 1. The van der Waals surface area contributed by atoms with Gasteiger partial charge in [0.25, 0.3) is 0 Å². The molecule has 0 amide bonds. The second kappa shape index (κ2) is 12.2. The predicted molar refractivity (Wildman–Crippen MR) is 159 cm³/mol. The lowest BCUT2D eigenvalue weighted by molar-refractivity contribution is -0.274. The van der Waals surface area contributed by atoms with E-state index in [1.807, 2.05) is 0 Å². The Bertz CT molecular complexity index is 2050. The highest BCUT2D eigenvalue weighted by atomic mass is 32.2. The lowest BCUT2D eigenvalue weighted by atomic mass is 9.97. The molecule has 0 spiro atoms. The molecular weight excluding hydrogens is 652 g/mol. The van der Waals surface area contributed by atoms with E-state index in [1.165, 1.54) is 41.8 Å². The third kappa shape index (κ3) is 7.20. The van der Waals surface area contributed by atoms with E-state index < -0.39 is 40.4 Å². The van der Waals surface area contributed by atoms with E-state index in [1.54, 1.807) is 32.0 Å². The average molecular weight is 680 g/mol. The molecule has 248 valence electrons. The number of rotatable bonds is 8. The number of alkyl halides is 6. The summed E-state index contributed by atoms with van der Waals surface area (Å²) in [6, 6.07) is 14.0. The van der Waals surface area contributed by atoms with Gasteiger partial charge in [0, 0.05) is 29.5 Å². The van der Waals surface area contributed by atoms with Crippen LogP contribution in [0.4, 0.5) is 26.3 Å². The summed E-state index contributed by atoms with van der Waals surface area (Å²) in [5.74, 6) is -0.382. The molecular formula is C32H27F6N3O5S. The monoisotopic (exact) mass is 679 g/mol. The number of ether oxygens (including phenoxy) is 1. The fourth-order valence-corrected chi connectivity index (χ4v) is 5.90. The van der Waals surface area contributed by atoms with Gasteiger partial charge < -0.3 is 18.8 Å². The number of aryl methyl sites for hydroxylation is 1. The van der Waals surface area contributed by atoms with Gasteiger partial charge in [-0.3, -0.25) is 0 Å². The SMILES string of the molecule is Cc1nc(C(F)(F)F)cn1-c1ccc(-c2ccc(CO)c(S(C)(=O)=O)c2)cc1-c1nc(C(C)C)oc1-c1ccc(OC(F)(F)F)cc1. The first-order valence-electron chi connectivity index (χ1n) is 13.9. The quantitative estimate of drug-likeness (QED) is 0.165. The molecule has 0 aliphatic heterocycles. The summed E-state index contributed by atoms with van der Waals surface area (Å²) in [7, 11) is -3.76. The number of hydrogen-bond acceptors (Lipinski definition) is 7. The normalized spacial score (nSPS) is 12.6. The Morgan fingerprint density at radius 2 is 1.53 bits per heavy atom. The molecule has 0 bridgehead atoms. The Kier molecular flexibility index (Phi) is 8.75. The highest BCUT2D eigenvalue weighted by Gasteiger charge is 2.35. The van der Waals surface area contributed by atoms with Gasteiger partial charge in [0.2, 0.25) is 0 Å². The van der Waals surface area contributed by atoms with Crippen LogP contribution in [-0.2, 0) is 22.6 Å². The van der Waals surface area contributed by atoms with Crippen LogP contribution in [0.3, 0.4) is 0 Å². The summed E-state index contributed by atoms with van der Waals surface area (Å²) >= 11 is 0. The number of imidazole rings is 1. The van der Waals surface area contributed by atoms with E-state index >= 15 is 0 Å². The summed E-state index contributed by atoms with van der Waals surface area (Å²) in [6.07, 6.45) is -7.82. The van der Waals surface area contributed by atoms with Crippen molar-refractivity contribution in [2.45, 2.75) is 50.7 Å². The van der Waals surface area contributed by atoms with Gasteiger partial charge in [0.15, 0.2) is 27.2 Å². The fourth-order valence-electron chi connectivity index (χ4n) is 4.95. The van der Waals surface area contributed by atoms with Crippen LogP contribution in [0, 0.1) is 6.92 Å². The minimum atomic E-state index is -4.91. The molecule has 8 nitrogen and oxygen atoms in total. The number of halogens is 6. The molecule has 5 aromatic rings. The second-order valence-electron chi connectivity index (χ2n) is 11.0. The topological polar surface area (TPSA) is 107 Å². The largest absolute Gasteiger partial charge is 0.573 e. The number of aromatic nitrogens is 3. The van der Waals surface area contributed by atoms with Crippen molar-refractivity contribution < 1.29 is 49.0 Å². The highest BCUT2D eigenvalue weighted by molar-refractivity contribution is 7.90. The zero-order chi connectivity index (χ0) is 34.5. The molecule has 0 aliphatic carbocycles. The first-order chi connectivity index (χ1) is 21.9. The van der Waals surface area contributed by atoms with Crippen molar-refractivity contribution in [2.24, 2.45) is 0 Å². The molecule has 0 aliphatic rings. The minimum Gasteiger partial charge on any atom is -0.440 e. The van der Waals surface area contributed by atoms with Crippen molar-refractivity contribution in [2.75, 3.05) is 6.26 Å². The van der Waals surface area contributed by atoms with E-state index in [2.05, 4.69) is 14.7 Å². The van der Waals surface area contributed by atoms with E-state index in [9.17, 15) is 39.9 Å². The Labute approximate surface area is 265 Å².